The van der Waals surface area contributed by atoms with Crippen molar-refractivity contribution in [1.29, 1.82) is 0 Å². The van der Waals surface area contributed by atoms with Gasteiger partial charge in [0.25, 0.3) is 5.91 Å². The van der Waals surface area contributed by atoms with Gasteiger partial charge in [0, 0.05) is 47.2 Å². The number of benzene rings is 2. The lowest BCUT2D eigenvalue weighted by atomic mass is 10.0. The Labute approximate surface area is 181 Å². The van der Waals surface area contributed by atoms with E-state index in [0.29, 0.717) is 23.2 Å². The standard InChI is InChI=1S/C23H25ClN4O2/c1-16-13-22(30-27-16)15-25-19-9-11-28(12-10-19)21-7-5-20(6-8-21)26-23(29)17-3-2-4-18(24)14-17/h2-8,13-14,19,25H,9-12,15H2,1H3,(H,26,29). The van der Waals surface area contributed by atoms with Crippen molar-refractivity contribution in [2.45, 2.75) is 32.4 Å². The summed E-state index contributed by atoms with van der Waals surface area (Å²) in [6, 6.07) is 17.4. The zero-order valence-corrected chi connectivity index (χ0v) is 17.7. The van der Waals surface area contributed by atoms with E-state index in [4.69, 9.17) is 16.1 Å². The largest absolute Gasteiger partial charge is 0.371 e. The summed E-state index contributed by atoms with van der Waals surface area (Å²) in [5.41, 5.74) is 3.39. The molecular weight excluding hydrogens is 400 g/mol. The van der Waals surface area contributed by atoms with Crippen LogP contribution in [0.25, 0.3) is 0 Å². The first-order valence-corrected chi connectivity index (χ1v) is 10.5. The van der Waals surface area contributed by atoms with E-state index in [2.05, 4.69) is 32.8 Å². The molecule has 1 amide bonds. The van der Waals surface area contributed by atoms with Gasteiger partial charge in [0.2, 0.25) is 0 Å². The number of aromatic nitrogens is 1. The van der Waals surface area contributed by atoms with Crippen molar-refractivity contribution in [3.8, 4) is 0 Å². The molecule has 0 aliphatic carbocycles. The molecule has 4 rings (SSSR count). The molecule has 0 unspecified atom stereocenters. The van der Waals surface area contributed by atoms with E-state index in [0.717, 1.165) is 43.1 Å². The average Bonchev–Trinajstić information content (AvgIpc) is 3.18. The van der Waals surface area contributed by atoms with E-state index < -0.39 is 0 Å². The third-order valence-electron chi connectivity index (χ3n) is 5.31. The maximum atomic E-state index is 12.4. The second kappa shape index (κ2) is 9.32. The molecule has 3 aromatic rings. The third kappa shape index (κ3) is 5.20. The Hall–Kier alpha value is -2.83. The van der Waals surface area contributed by atoms with Crippen LogP contribution in [0.15, 0.2) is 59.1 Å². The molecule has 1 aliphatic heterocycles. The first-order chi connectivity index (χ1) is 14.6. The van der Waals surface area contributed by atoms with Gasteiger partial charge in [0.1, 0.15) is 0 Å². The molecule has 2 N–H and O–H groups in total. The van der Waals surface area contributed by atoms with E-state index in [1.807, 2.05) is 25.1 Å². The molecule has 0 radical (unpaired) electrons. The van der Waals surface area contributed by atoms with E-state index >= 15 is 0 Å². The van der Waals surface area contributed by atoms with Crippen LogP contribution >= 0.6 is 11.6 Å². The lowest BCUT2D eigenvalue weighted by Gasteiger charge is -2.34. The Morgan fingerprint density at radius 3 is 2.60 bits per heavy atom. The minimum atomic E-state index is -0.168. The topological polar surface area (TPSA) is 70.4 Å². The van der Waals surface area contributed by atoms with Crippen LogP contribution in [-0.4, -0.2) is 30.2 Å². The van der Waals surface area contributed by atoms with Crippen molar-refractivity contribution in [1.82, 2.24) is 10.5 Å². The first kappa shape index (κ1) is 20.4. The number of nitrogens with zero attached hydrogens (tertiary/aromatic N) is 2. The number of carbonyl (C=O) groups excluding carboxylic acids is 1. The van der Waals surface area contributed by atoms with Gasteiger partial charge in [-0.3, -0.25) is 4.79 Å². The van der Waals surface area contributed by atoms with Crippen LogP contribution in [0.1, 0.15) is 34.7 Å². The average molecular weight is 425 g/mol. The van der Waals surface area contributed by atoms with Crippen LogP contribution in [0.2, 0.25) is 5.02 Å². The zero-order valence-electron chi connectivity index (χ0n) is 16.9. The molecule has 1 saturated heterocycles. The number of amides is 1. The monoisotopic (exact) mass is 424 g/mol. The Bertz CT molecular complexity index is 994. The number of anilines is 2. The molecule has 0 spiro atoms. The summed E-state index contributed by atoms with van der Waals surface area (Å²) in [6.07, 6.45) is 2.14. The number of aryl methyl sites for hydroxylation is 1. The van der Waals surface area contributed by atoms with Crippen LogP contribution < -0.4 is 15.5 Å². The van der Waals surface area contributed by atoms with Crippen molar-refractivity contribution >= 4 is 28.9 Å². The summed E-state index contributed by atoms with van der Waals surface area (Å²) in [4.78, 5) is 14.7. The number of halogens is 1. The summed E-state index contributed by atoms with van der Waals surface area (Å²) in [7, 11) is 0. The van der Waals surface area contributed by atoms with Crippen molar-refractivity contribution in [3.63, 3.8) is 0 Å². The molecule has 0 atom stereocenters. The van der Waals surface area contributed by atoms with Crippen LogP contribution in [0.5, 0.6) is 0 Å². The molecule has 1 fully saturated rings. The summed E-state index contributed by atoms with van der Waals surface area (Å²) in [6.45, 7) is 4.62. The Balaban J connectivity index is 1.27. The van der Waals surface area contributed by atoms with E-state index in [1.165, 1.54) is 5.69 Å². The molecular formula is C23H25ClN4O2. The Morgan fingerprint density at radius 1 is 1.17 bits per heavy atom. The van der Waals surface area contributed by atoms with Gasteiger partial charge in [0.15, 0.2) is 5.76 Å². The minimum absolute atomic E-state index is 0.168. The second-order valence-corrected chi connectivity index (χ2v) is 8.02. The van der Waals surface area contributed by atoms with Gasteiger partial charge in [-0.1, -0.05) is 22.8 Å². The predicted octanol–water partition coefficient (Wildman–Crippen LogP) is 4.65. The quantitative estimate of drug-likeness (QED) is 0.602. The number of nitrogens with one attached hydrogen (secondary N) is 2. The fourth-order valence-electron chi connectivity index (χ4n) is 3.67. The number of hydrogen-bond donors (Lipinski definition) is 2. The van der Waals surface area contributed by atoms with E-state index in [1.54, 1.807) is 24.3 Å². The number of hydrogen-bond acceptors (Lipinski definition) is 5. The highest BCUT2D eigenvalue weighted by molar-refractivity contribution is 6.31. The van der Waals surface area contributed by atoms with Gasteiger partial charge in [0.05, 0.1) is 12.2 Å². The molecule has 0 saturated carbocycles. The minimum Gasteiger partial charge on any atom is -0.371 e. The summed E-state index contributed by atoms with van der Waals surface area (Å²) in [5.74, 6) is 0.712. The number of rotatable bonds is 6. The van der Waals surface area contributed by atoms with Crippen molar-refractivity contribution in [2.75, 3.05) is 23.3 Å². The molecule has 0 bridgehead atoms. The second-order valence-electron chi connectivity index (χ2n) is 7.59. The summed E-state index contributed by atoms with van der Waals surface area (Å²) in [5, 5.41) is 10.9. The van der Waals surface area contributed by atoms with Gasteiger partial charge in [-0.15, -0.1) is 0 Å². The normalized spacial score (nSPS) is 14.7. The maximum Gasteiger partial charge on any atom is 0.255 e. The summed E-state index contributed by atoms with van der Waals surface area (Å²) >= 11 is 5.96. The lowest BCUT2D eigenvalue weighted by molar-refractivity contribution is 0.102. The molecule has 2 heterocycles. The van der Waals surface area contributed by atoms with E-state index in [-0.39, 0.29) is 5.91 Å². The SMILES string of the molecule is Cc1cc(CNC2CCN(c3ccc(NC(=O)c4cccc(Cl)c4)cc3)CC2)on1. The van der Waals surface area contributed by atoms with Gasteiger partial charge >= 0.3 is 0 Å². The predicted molar refractivity (Wildman–Crippen MR) is 119 cm³/mol. The molecule has 30 heavy (non-hydrogen) atoms. The lowest BCUT2D eigenvalue weighted by Crippen LogP contribution is -2.42. The molecule has 7 heteroatoms. The van der Waals surface area contributed by atoms with Crippen molar-refractivity contribution in [3.05, 3.63) is 76.6 Å². The smallest absolute Gasteiger partial charge is 0.255 e. The van der Waals surface area contributed by atoms with Crippen LogP contribution in [0.3, 0.4) is 0 Å². The third-order valence-corrected chi connectivity index (χ3v) is 5.55. The number of piperidine rings is 1. The van der Waals surface area contributed by atoms with Crippen molar-refractivity contribution in [2.24, 2.45) is 0 Å². The Morgan fingerprint density at radius 2 is 1.93 bits per heavy atom. The molecule has 156 valence electrons. The molecule has 2 aromatic carbocycles. The van der Waals surface area contributed by atoms with Gasteiger partial charge in [-0.05, 0) is 62.2 Å². The maximum absolute atomic E-state index is 12.4. The van der Waals surface area contributed by atoms with E-state index in [9.17, 15) is 4.79 Å². The number of carbonyl (C=O) groups is 1. The van der Waals surface area contributed by atoms with Crippen LogP contribution in [-0.2, 0) is 6.54 Å². The fourth-order valence-corrected chi connectivity index (χ4v) is 3.87. The van der Waals surface area contributed by atoms with Crippen LogP contribution in [0.4, 0.5) is 11.4 Å². The summed E-state index contributed by atoms with van der Waals surface area (Å²) < 4.78 is 5.26. The van der Waals surface area contributed by atoms with Gasteiger partial charge in [-0.25, -0.2) is 0 Å². The fraction of sp³-hybridized carbons (Fsp3) is 0.304. The Kier molecular flexibility index (Phi) is 6.35. The highest BCUT2D eigenvalue weighted by Gasteiger charge is 2.19. The van der Waals surface area contributed by atoms with Gasteiger partial charge in [-0.2, -0.15) is 0 Å². The van der Waals surface area contributed by atoms with Crippen LogP contribution in [0, 0.1) is 6.92 Å². The molecule has 6 nitrogen and oxygen atoms in total. The molecule has 1 aromatic heterocycles. The first-order valence-electron chi connectivity index (χ1n) is 10.1. The molecule has 1 aliphatic rings. The van der Waals surface area contributed by atoms with Gasteiger partial charge < -0.3 is 20.1 Å². The highest BCUT2D eigenvalue weighted by atomic mass is 35.5. The zero-order chi connectivity index (χ0) is 20.9. The highest BCUT2D eigenvalue weighted by Crippen LogP contribution is 2.23. The van der Waals surface area contributed by atoms with Crippen molar-refractivity contribution < 1.29 is 9.32 Å².